The molecule has 1 aromatic heterocycles. The molecule has 3 rings (SSSR count). The smallest absolute Gasteiger partial charge is 0.240 e. The number of nitrogens with zero attached hydrogens (tertiary/aromatic N) is 2. The Labute approximate surface area is 163 Å². The summed E-state index contributed by atoms with van der Waals surface area (Å²) in [5.41, 5.74) is 2.31. The van der Waals surface area contributed by atoms with E-state index in [2.05, 4.69) is 20.0 Å². The zero-order chi connectivity index (χ0) is 20.0. The molecule has 0 unspecified atom stereocenters. The Morgan fingerprint density at radius 3 is 2.21 bits per heavy atom. The molecule has 7 nitrogen and oxygen atoms in total. The van der Waals surface area contributed by atoms with Crippen LogP contribution < -0.4 is 10.0 Å². The third kappa shape index (κ3) is 4.99. The number of nitrogens with one attached hydrogen (secondary N) is 2. The molecule has 0 saturated carbocycles. The second kappa shape index (κ2) is 8.73. The Hall–Kier alpha value is -3.10. The van der Waals surface area contributed by atoms with Crippen molar-refractivity contribution in [2.45, 2.75) is 17.7 Å². The van der Waals surface area contributed by atoms with E-state index in [9.17, 15) is 13.2 Å². The largest absolute Gasteiger partial charge is 0.323 e. The van der Waals surface area contributed by atoms with Gasteiger partial charge in [0, 0.05) is 12.0 Å². The van der Waals surface area contributed by atoms with Crippen molar-refractivity contribution < 1.29 is 13.2 Å². The van der Waals surface area contributed by atoms with Crippen LogP contribution in [0.1, 0.15) is 12.0 Å². The van der Waals surface area contributed by atoms with E-state index >= 15 is 0 Å². The molecule has 0 aliphatic rings. The predicted molar refractivity (Wildman–Crippen MR) is 107 cm³/mol. The van der Waals surface area contributed by atoms with Crippen LogP contribution in [0.3, 0.4) is 0 Å². The first kappa shape index (κ1) is 19.7. The maximum atomic E-state index is 12.1. The second-order valence-electron chi connectivity index (χ2n) is 6.06. The Balaban J connectivity index is 1.54. The molecule has 0 aliphatic carbocycles. The lowest BCUT2D eigenvalue weighted by Crippen LogP contribution is -2.18. The van der Waals surface area contributed by atoms with Gasteiger partial charge in [-0.1, -0.05) is 42.5 Å². The molecular weight excluding hydrogens is 376 g/mol. The number of rotatable bonds is 7. The fourth-order valence-corrected chi connectivity index (χ4v) is 3.29. The van der Waals surface area contributed by atoms with Crippen molar-refractivity contribution >= 4 is 21.6 Å². The van der Waals surface area contributed by atoms with Gasteiger partial charge in [-0.25, -0.2) is 23.1 Å². The number of hydrogen-bond acceptors (Lipinski definition) is 5. The van der Waals surface area contributed by atoms with Gasteiger partial charge < -0.3 is 5.32 Å². The predicted octanol–water partition coefficient (Wildman–Crippen LogP) is 2.62. The van der Waals surface area contributed by atoms with Gasteiger partial charge in [-0.05, 0) is 31.2 Å². The third-order valence-corrected chi connectivity index (χ3v) is 5.54. The maximum Gasteiger partial charge on any atom is 0.240 e. The minimum atomic E-state index is -3.45. The summed E-state index contributed by atoms with van der Waals surface area (Å²) in [4.78, 5) is 20.9. The van der Waals surface area contributed by atoms with Crippen molar-refractivity contribution in [3.05, 3.63) is 72.6 Å². The molecule has 1 amide bonds. The van der Waals surface area contributed by atoms with Gasteiger partial charge in [-0.2, -0.15) is 0 Å². The lowest BCUT2D eigenvalue weighted by molar-refractivity contribution is -0.116. The van der Waals surface area contributed by atoms with E-state index in [0.29, 0.717) is 17.9 Å². The molecule has 0 aliphatic heterocycles. The molecular formula is C20H20N4O3S. The van der Waals surface area contributed by atoms with Crippen LogP contribution in [0, 0.1) is 0 Å². The molecule has 0 atom stereocenters. The molecule has 8 heteroatoms. The number of benzene rings is 2. The van der Waals surface area contributed by atoms with Crippen LogP contribution in [0.15, 0.2) is 71.9 Å². The zero-order valence-corrected chi connectivity index (χ0v) is 16.1. The fraction of sp³-hybridized carbons (Fsp3) is 0.150. The maximum absolute atomic E-state index is 12.1. The van der Waals surface area contributed by atoms with Crippen molar-refractivity contribution in [3.8, 4) is 11.4 Å². The summed E-state index contributed by atoms with van der Waals surface area (Å²) in [7, 11) is -2.09. The molecule has 2 aromatic carbocycles. The van der Waals surface area contributed by atoms with Crippen molar-refractivity contribution in [1.82, 2.24) is 14.7 Å². The number of aryl methyl sites for hydroxylation is 1. The third-order valence-electron chi connectivity index (χ3n) is 4.11. The van der Waals surface area contributed by atoms with E-state index < -0.39 is 10.0 Å². The Kier molecular flexibility index (Phi) is 6.13. The number of carbonyl (C=O) groups excluding carboxylic acids is 1. The minimum Gasteiger partial charge on any atom is -0.323 e. The molecule has 2 N–H and O–H groups in total. The van der Waals surface area contributed by atoms with Gasteiger partial charge in [0.15, 0.2) is 5.82 Å². The highest BCUT2D eigenvalue weighted by molar-refractivity contribution is 7.89. The summed E-state index contributed by atoms with van der Waals surface area (Å²) in [6.07, 6.45) is 3.91. The minimum absolute atomic E-state index is 0.164. The monoisotopic (exact) mass is 396 g/mol. The molecule has 0 radical (unpaired) electrons. The van der Waals surface area contributed by atoms with Crippen molar-refractivity contribution in [2.24, 2.45) is 0 Å². The highest BCUT2D eigenvalue weighted by Gasteiger charge is 2.11. The Morgan fingerprint density at radius 2 is 1.61 bits per heavy atom. The number of aromatic nitrogens is 2. The molecule has 3 aromatic rings. The molecule has 28 heavy (non-hydrogen) atoms. The van der Waals surface area contributed by atoms with Gasteiger partial charge in [-0.15, -0.1) is 0 Å². The van der Waals surface area contributed by atoms with Crippen LogP contribution in [-0.4, -0.2) is 31.3 Å². The van der Waals surface area contributed by atoms with Crippen LogP contribution >= 0.6 is 0 Å². The molecule has 0 fully saturated rings. The molecule has 1 heterocycles. The van der Waals surface area contributed by atoms with E-state index in [4.69, 9.17) is 0 Å². The summed E-state index contributed by atoms with van der Waals surface area (Å²) >= 11 is 0. The summed E-state index contributed by atoms with van der Waals surface area (Å²) < 4.78 is 25.7. The first-order valence-electron chi connectivity index (χ1n) is 8.68. The molecule has 0 spiro atoms. The molecule has 0 bridgehead atoms. The standard InChI is InChI=1S/C20H20N4O3S/c1-21-28(26,27)18-10-7-15(8-11-18)9-12-19(25)24-17-13-22-20(23-14-17)16-5-3-2-4-6-16/h2-8,10-11,13-14,21H,9,12H2,1H3,(H,24,25). The normalized spacial score (nSPS) is 11.2. The average molecular weight is 396 g/mol. The van der Waals surface area contributed by atoms with E-state index in [0.717, 1.165) is 11.1 Å². The van der Waals surface area contributed by atoms with Gasteiger partial charge in [0.05, 0.1) is 23.0 Å². The lowest BCUT2D eigenvalue weighted by Gasteiger charge is -2.07. The van der Waals surface area contributed by atoms with Gasteiger partial charge in [0.25, 0.3) is 0 Å². The lowest BCUT2D eigenvalue weighted by atomic mass is 10.1. The average Bonchev–Trinajstić information content (AvgIpc) is 2.74. The first-order chi connectivity index (χ1) is 13.5. The van der Waals surface area contributed by atoms with E-state index in [1.54, 1.807) is 24.5 Å². The summed E-state index contributed by atoms with van der Waals surface area (Å²) in [6.45, 7) is 0. The summed E-state index contributed by atoms with van der Waals surface area (Å²) in [5, 5.41) is 2.77. The first-order valence-corrected chi connectivity index (χ1v) is 10.2. The van der Waals surface area contributed by atoms with Crippen LogP contribution in [0.5, 0.6) is 0 Å². The summed E-state index contributed by atoms with van der Waals surface area (Å²) in [5.74, 6) is 0.429. The van der Waals surface area contributed by atoms with Crippen LogP contribution in [-0.2, 0) is 21.2 Å². The Bertz CT molecular complexity index is 1040. The SMILES string of the molecule is CNS(=O)(=O)c1ccc(CCC(=O)Nc2cnc(-c3ccccc3)nc2)cc1. The van der Waals surface area contributed by atoms with Gasteiger partial charge in [0.2, 0.25) is 15.9 Å². The number of hydrogen-bond donors (Lipinski definition) is 2. The summed E-state index contributed by atoms with van der Waals surface area (Å²) in [6, 6.07) is 16.0. The number of anilines is 1. The van der Waals surface area contributed by atoms with Crippen LogP contribution in [0.25, 0.3) is 11.4 Å². The second-order valence-corrected chi connectivity index (χ2v) is 7.95. The van der Waals surface area contributed by atoms with Crippen LogP contribution in [0.2, 0.25) is 0 Å². The highest BCUT2D eigenvalue weighted by atomic mass is 32.2. The van der Waals surface area contributed by atoms with E-state index in [-0.39, 0.29) is 17.2 Å². The van der Waals surface area contributed by atoms with E-state index in [1.165, 1.54) is 19.2 Å². The highest BCUT2D eigenvalue weighted by Crippen LogP contribution is 2.15. The number of sulfonamides is 1. The number of carbonyl (C=O) groups is 1. The number of amides is 1. The van der Waals surface area contributed by atoms with Gasteiger partial charge >= 0.3 is 0 Å². The van der Waals surface area contributed by atoms with Gasteiger partial charge in [-0.3, -0.25) is 4.79 Å². The quantitative estimate of drug-likeness (QED) is 0.639. The fourth-order valence-electron chi connectivity index (χ4n) is 2.56. The van der Waals surface area contributed by atoms with Crippen molar-refractivity contribution in [2.75, 3.05) is 12.4 Å². The molecule has 144 valence electrons. The topological polar surface area (TPSA) is 101 Å². The van der Waals surface area contributed by atoms with Crippen molar-refractivity contribution in [3.63, 3.8) is 0 Å². The molecule has 0 saturated heterocycles. The van der Waals surface area contributed by atoms with Gasteiger partial charge in [0.1, 0.15) is 0 Å². The Morgan fingerprint density at radius 1 is 0.964 bits per heavy atom. The van der Waals surface area contributed by atoms with E-state index in [1.807, 2.05) is 30.3 Å². The van der Waals surface area contributed by atoms with Crippen LogP contribution in [0.4, 0.5) is 5.69 Å². The van der Waals surface area contributed by atoms with Crippen molar-refractivity contribution in [1.29, 1.82) is 0 Å². The zero-order valence-electron chi connectivity index (χ0n) is 15.3.